The van der Waals surface area contributed by atoms with Gasteiger partial charge >= 0.3 is 0 Å². The van der Waals surface area contributed by atoms with Gasteiger partial charge in [-0.2, -0.15) is 0 Å². The standard InChI is InChI=1S/C12H18F2N2O3S/c1-15-6-5-9-7-10(19-2)3-4-11(9)20(17,18)16-8-12(13)14/h3-4,7,12,15-16H,5-6,8H2,1-2H3. The van der Waals surface area contributed by atoms with Crippen molar-refractivity contribution in [3.8, 4) is 5.75 Å². The molecule has 0 aliphatic carbocycles. The number of halogens is 2. The van der Waals surface area contributed by atoms with Crippen molar-refractivity contribution in [2.45, 2.75) is 17.7 Å². The van der Waals surface area contributed by atoms with E-state index in [-0.39, 0.29) is 4.90 Å². The molecule has 5 nitrogen and oxygen atoms in total. The van der Waals surface area contributed by atoms with Crippen molar-refractivity contribution in [1.29, 1.82) is 0 Å². The van der Waals surface area contributed by atoms with Gasteiger partial charge in [-0.3, -0.25) is 0 Å². The summed E-state index contributed by atoms with van der Waals surface area (Å²) in [5.74, 6) is 0.518. The predicted molar refractivity (Wildman–Crippen MR) is 71.8 cm³/mol. The SMILES string of the molecule is CNCCc1cc(OC)ccc1S(=O)(=O)NCC(F)F. The first-order valence-corrected chi connectivity index (χ1v) is 7.48. The minimum absolute atomic E-state index is 0.00537. The molecule has 0 atom stereocenters. The molecule has 2 N–H and O–H groups in total. The molecule has 8 heteroatoms. The van der Waals surface area contributed by atoms with Gasteiger partial charge in [-0.15, -0.1) is 0 Å². The highest BCUT2D eigenvalue weighted by Gasteiger charge is 2.20. The molecule has 0 amide bonds. The fraction of sp³-hybridized carbons (Fsp3) is 0.500. The number of methoxy groups -OCH3 is 1. The molecular formula is C12H18F2N2O3S. The fourth-order valence-electron chi connectivity index (χ4n) is 1.65. The molecule has 0 spiro atoms. The maximum atomic E-state index is 12.1. The average Bonchev–Trinajstić information content (AvgIpc) is 2.42. The first-order chi connectivity index (χ1) is 9.40. The minimum Gasteiger partial charge on any atom is -0.497 e. The Kier molecular flexibility index (Phi) is 6.31. The minimum atomic E-state index is -3.95. The van der Waals surface area contributed by atoms with Gasteiger partial charge in [-0.1, -0.05) is 0 Å². The van der Waals surface area contributed by atoms with E-state index in [1.54, 1.807) is 13.1 Å². The van der Waals surface area contributed by atoms with E-state index in [1.165, 1.54) is 19.2 Å². The highest BCUT2D eigenvalue weighted by Crippen LogP contribution is 2.22. The molecule has 0 fully saturated rings. The van der Waals surface area contributed by atoms with E-state index in [9.17, 15) is 17.2 Å². The third-order valence-electron chi connectivity index (χ3n) is 2.63. The van der Waals surface area contributed by atoms with Crippen LogP contribution in [0.3, 0.4) is 0 Å². The number of likely N-dealkylation sites (N-methyl/N-ethyl adjacent to an activating group) is 1. The van der Waals surface area contributed by atoms with Crippen molar-refractivity contribution >= 4 is 10.0 Å². The molecule has 1 aromatic rings. The molecule has 20 heavy (non-hydrogen) atoms. The number of benzene rings is 1. The highest BCUT2D eigenvalue weighted by molar-refractivity contribution is 7.89. The lowest BCUT2D eigenvalue weighted by Gasteiger charge is -2.13. The van der Waals surface area contributed by atoms with Crippen molar-refractivity contribution < 1.29 is 21.9 Å². The average molecular weight is 308 g/mol. The van der Waals surface area contributed by atoms with Crippen molar-refractivity contribution in [3.05, 3.63) is 23.8 Å². The summed E-state index contributed by atoms with van der Waals surface area (Å²) in [7, 11) is -0.743. The second-order valence-corrected chi connectivity index (χ2v) is 5.81. The maximum absolute atomic E-state index is 12.1. The smallest absolute Gasteiger partial charge is 0.251 e. The quantitative estimate of drug-likeness (QED) is 0.752. The second kappa shape index (κ2) is 7.51. The molecule has 0 saturated carbocycles. The summed E-state index contributed by atoms with van der Waals surface area (Å²) >= 11 is 0. The van der Waals surface area contributed by atoms with Crippen LogP contribution in [0.5, 0.6) is 5.75 Å². The number of sulfonamides is 1. The van der Waals surface area contributed by atoms with Crippen LogP contribution in [0, 0.1) is 0 Å². The normalized spacial score (nSPS) is 11.8. The Balaban J connectivity index is 3.08. The Morgan fingerprint density at radius 3 is 2.60 bits per heavy atom. The van der Waals surface area contributed by atoms with E-state index in [0.717, 1.165) is 0 Å². The lowest BCUT2D eigenvalue weighted by Crippen LogP contribution is -2.29. The van der Waals surface area contributed by atoms with E-state index < -0.39 is 23.0 Å². The molecule has 0 unspecified atom stereocenters. The van der Waals surface area contributed by atoms with Crippen LogP contribution in [0.1, 0.15) is 5.56 Å². The van der Waals surface area contributed by atoms with Crippen LogP contribution in [-0.4, -0.2) is 42.1 Å². The zero-order chi connectivity index (χ0) is 15.2. The Morgan fingerprint density at radius 1 is 1.35 bits per heavy atom. The Bertz CT molecular complexity index is 536. The van der Waals surface area contributed by atoms with Crippen LogP contribution in [-0.2, 0) is 16.4 Å². The van der Waals surface area contributed by atoms with Crippen molar-refractivity contribution in [2.75, 3.05) is 27.2 Å². The molecule has 0 heterocycles. The summed E-state index contributed by atoms with van der Waals surface area (Å²) in [5.41, 5.74) is 0.514. The molecule has 1 rings (SSSR count). The molecule has 0 saturated heterocycles. The summed E-state index contributed by atoms with van der Waals surface area (Å²) in [6.07, 6.45) is -2.29. The molecule has 0 aliphatic rings. The van der Waals surface area contributed by atoms with Crippen LogP contribution in [0.25, 0.3) is 0 Å². The van der Waals surface area contributed by atoms with Crippen molar-refractivity contribution in [3.63, 3.8) is 0 Å². The number of alkyl halides is 2. The van der Waals surface area contributed by atoms with Gasteiger partial charge in [0.1, 0.15) is 5.75 Å². The van der Waals surface area contributed by atoms with E-state index in [0.29, 0.717) is 24.3 Å². The Morgan fingerprint density at radius 2 is 2.05 bits per heavy atom. The number of rotatable bonds is 8. The van der Waals surface area contributed by atoms with Crippen LogP contribution in [0.15, 0.2) is 23.1 Å². The van der Waals surface area contributed by atoms with Gasteiger partial charge in [0.2, 0.25) is 10.0 Å². The topological polar surface area (TPSA) is 67.4 Å². The first-order valence-electron chi connectivity index (χ1n) is 6.00. The highest BCUT2D eigenvalue weighted by atomic mass is 32.2. The van der Waals surface area contributed by atoms with Crippen molar-refractivity contribution in [2.24, 2.45) is 0 Å². The number of nitrogens with one attached hydrogen (secondary N) is 2. The summed E-state index contributed by atoms with van der Waals surface area (Å²) in [6.45, 7) is -0.343. The Labute approximate surface area is 117 Å². The number of hydrogen-bond donors (Lipinski definition) is 2. The summed E-state index contributed by atoms with van der Waals surface area (Å²) in [5, 5.41) is 2.91. The first kappa shape index (κ1) is 16.8. The molecular weight excluding hydrogens is 290 g/mol. The van der Waals surface area contributed by atoms with Gasteiger partial charge in [-0.05, 0) is 43.8 Å². The van der Waals surface area contributed by atoms with E-state index in [2.05, 4.69) is 5.32 Å². The lowest BCUT2D eigenvalue weighted by atomic mass is 10.1. The maximum Gasteiger partial charge on any atom is 0.251 e. The fourth-order valence-corrected chi connectivity index (χ4v) is 2.90. The van der Waals surface area contributed by atoms with Gasteiger partial charge in [0, 0.05) is 0 Å². The van der Waals surface area contributed by atoms with E-state index in [1.807, 2.05) is 4.72 Å². The van der Waals surface area contributed by atoms with E-state index in [4.69, 9.17) is 4.74 Å². The third kappa shape index (κ3) is 4.69. The Hall–Kier alpha value is -1.25. The molecule has 0 aliphatic heterocycles. The zero-order valence-corrected chi connectivity index (χ0v) is 12.1. The van der Waals surface area contributed by atoms with Crippen LogP contribution < -0.4 is 14.8 Å². The predicted octanol–water partition coefficient (Wildman–Crippen LogP) is 1.00. The van der Waals surface area contributed by atoms with Crippen molar-refractivity contribution in [1.82, 2.24) is 10.0 Å². The molecule has 0 bridgehead atoms. The largest absolute Gasteiger partial charge is 0.497 e. The monoisotopic (exact) mass is 308 g/mol. The van der Waals surface area contributed by atoms with Gasteiger partial charge in [0.05, 0.1) is 18.6 Å². The van der Waals surface area contributed by atoms with Gasteiger partial charge in [0.15, 0.2) is 0 Å². The van der Waals surface area contributed by atoms with Gasteiger partial charge in [-0.25, -0.2) is 21.9 Å². The second-order valence-electron chi connectivity index (χ2n) is 4.07. The zero-order valence-electron chi connectivity index (χ0n) is 11.3. The summed E-state index contributed by atoms with van der Waals surface area (Å²) < 4.78 is 55.3. The van der Waals surface area contributed by atoms with Crippen LogP contribution in [0.2, 0.25) is 0 Å². The number of hydrogen-bond acceptors (Lipinski definition) is 4. The molecule has 114 valence electrons. The van der Waals surface area contributed by atoms with Crippen LogP contribution in [0.4, 0.5) is 8.78 Å². The van der Waals surface area contributed by atoms with E-state index >= 15 is 0 Å². The molecule has 0 radical (unpaired) electrons. The van der Waals surface area contributed by atoms with Crippen LogP contribution >= 0.6 is 0 Å². The summed E-state index contributed by atoms with van der Waals surface area (Å²) in [4.78, 5) is -0.00537. The third-order valence-corrected chi connectivity index (χ3v) is 4.15. The lowest BCUT2D eigenvalue weighted by molar-refractivity contribution is 0.153. The summed E-state index contributed by atoms with van der Waals surface area (Å²) in [6, 6.07) is 4.44. The molecule has 1 aromatic carbocycles. The van der Waals surface area contributed by atoms with Gasteiger partial charge < -0.3 is 10.1 Å². The number of ether oxygens (including phenoxy) is 1. The molecule has 0 aromatic heterocycles. The van der Waals surface area contributed by atoms with Gasteiger partial charge in [0.25, 0.3) is 6.43 Å².